The summed E-state index contributed by atoms with van der Waals surface area (Å²) in [6, 6.07) is 6.66. The first-order valence-corrected chi connectivity index (χ1v) is 8.57. The van der Waals surface area contributed by atoms with E-state index in [1.54, 1.807) is 30.3 Å². The summed E-state index contributed by atoms with van der Waals surface area (Å²) in [6.07, 6.45) is 4.78. The van der Waals surface area contributed by atoms with Gasteiger partial charge >= 0.3 is 0 Å². The molecule has 0 N–H and O–H groups in total. The molecular weight excluding hydrogens is 325 g/mol. The Kier molecular flexibility index (Phi) is 5.16. The van der Waals surface area contributed by atoms with Crippen molar-refractivity contribution in [3.63, 3.8) is 0 Å². The zero-order valence-corrected chi connectivity index (χ0v) is 14.5. The van der Waals surface area contributed by atoms with Gasteiger partial charge in [-0.25, -0.2) is 13.2 Å². The summed E-state index contributed by atoms with van der Waals surface area (Å²) in [5, 5.41) is 0. The lowest BCUT2D eigenvalue weighted by Gasteiger charge is -2.20. The average molecular weight is 346 g/mol. The fourth-order valence-electron chi connectivity index (χ4n) is 3.29. The van der Waals surface area contributed by atoms with Gasteiger partial charge in [-0.2, -0.15) is 0 Å². The summed E-state index contributed by atoms with van der Waals surface area (Å²) in [5.41, 5.74) is 2.71. The van der Waals surface area contributed by atoms with Crippen LogP contribution in [0, 0.1) is 17.5 Å². The lowest BCUT2D eigenvalue weighted by Crippen LogP contribution is -2.08. The first-order chi connectivity index (χ1) is 12.1. The molecule has 0 amide bonds. The van der Waals surface area contributed by atoms with Crippen LogP contribution in [0.2, 0.25) is 0 Å². The molecule has 4 heteroatoms. The largest absolute Gasteiger partial charge is 0.494 e. The molecule has 1 aliphatic rings. The van der Waals surface area contributed by atoms with E-state index in [4.69, 9.17) is 4.74 Å². The monoisotopic (exact) mass is 346 g/mol. The van der Waals surface area contributed by atoms with Crippen LogP contribution < -0.4 is 4.74 Å². The minimum Gasteiger partial charge on any atom is -0.494 e. The summed E-state index contributed by atoms with van der Waals surface area (Å²) in [4.78, 5) is 0. The molecule has 0 aromatic heterocycles. The number of hydrogen-bond acceptors (Lipinski definition) is 1. The van der Waals surface area contributed by atoms with Crippen LogP contribution in [0.25, 0.3) is 5.57 Å². The number of hydrogen-bond donors (Lipinski definition) is 0. The Labute approximate surface area is 146 Å². The standard InChI is InChI=1S/C21H21F3O/c1-3-4-5-13-6-9-17(21(24)19(13)22)14-7-10-16-15(12-14)8-11-18(25-2)20(16)23/h6-9,11H,3-5,10,12H2,1-2H3. The van der Waals surface area contributed by atoms with E-state index in [0.717, 1.165) is 18.4 Å². The lowest BCUT2D eigenvalue weighted by atomic mass is 9.87. The Morgan fingerprint density at radius 3 is 2.52 bits per heavy atom. The summed E-state index contributed by atoms with van der Waals surface area (Å²) in [7, 11) is 1.42. The van der Waals surface area contributed by atoms with Crippen molar-refractivity contribution in [2.24, 2.45) is 0 Å². The molecule has 0 bridgehead atoms. The highest BCUT2D eigenvalue weighted by atomic mass is 19.2. The van der Waals surface area contributed by atoms with Crippen molar-refractivity contribution in [2.75, 3.05) is 7.11 Å². The van der Waals surface area contributed by atoms with Gasteiger partial charge in [-0.3, -0.25) is 0 Å². The number of benzene rings is 2. The number of halogens is 3. The lowest BCUT2D eigenvalue weighted by molar-refractivity contribution is 0.384. The van der Waals surface area contributed by atoms with Crippen molar-refractivity contribution in [2.45, 2.75) is 39.0 Å². The van der Waals surface area contributed by atoms with Crippen LogP contribution in [0.1, 0.15) is 42.0 Å². The van der Waals surface area contributed by atoms with Crippen molar-refractivity contribution in [3.05, 3.63) is 70.0 Å². The third-order valence-electron chi connectivity index (χ3n) is 4.77. The van der Waals surface area contributed by atoms with Crippen LogP contribution in [0.3, 0.4) is 0 Å². The van der Waals surface area contributed by atoms with Gasteiger partial charge in [-0.05, 0) is 54.0 Å². The Balaban J connectivity index is 1.91. The molecule has 0 heterocycles. The molecule has 0 fully saturated rings. The summed E-state index contributed by atoms with van der Waals surface area (Å²) < 4.78 is 48.2. The van der Waals surface area contributed by atoms with Gasteiger partial charge < -0.3 is 4.74 Å². The van der Waals surface area contributed by atoms with Gasteiger partial charge in [0.25, 0.3) is 0 Å². The zero-order valence-electron chi connectivity index (χ0n) is 14.5. The van der Waals surface area contributed by atoms with Crippen molar-refractivity contribution in [1.29, 1.82) is 0 Å². The Hall–Kier alpha value is -2.23. The molecule has 0 atom stereocenters. The van der Waals surface area contributed by atoms with Crippen LogP contribution in [-0.2, 0) is 19.3 Å². The van der Waals surface area contributed by atoms with E-state index in [-0.39, 0.29) is 17.1 Å². The number of unbranched alkanes of at least 4 members (excludes halogenated alkanes) is 1. The Morgan fingerprint density at radius 2 is 1.80 bits per heavy atom. The zero-order chi connectivity index (χ0) is 18.0. The highest BCUT2D eigenvalue weighted by Crippen LogP contribution is 2.34. The molecule has 25 heavy (non-hydrogen) atoms. The first kappa shape index (κ1) is 17.6. The van der Waals surface area contributed by atoms with Gasteiger partial charge in [0, 0.05) is 5.56 Å². The molecule has 3 rings (SSSR count). The molecule has 0 unspecified atom stereocenters. The van der Waals surface area contributed by atoms with Crippen molar-refractivity contribution in [3.8, 4) is 5.75 Å². The van der Waals surface area contributed by atoms with Gasteiger partial charge in [0.05, 0.1) is 7.11 Å². The molecule has 132 valence electrons. The van der Waals surface area contributed by atoms with Gasteiger partial charge in [0.2, 0.25) is 0 Å². The van der Waals surface area contributed by atoms with E-state index in [1.807, 2.05) is 6.92 Å². The maximum absolute atomic E-state index is 14.5. The second-order valence-corrected chi connectivity index (χ2v) is 6.33. The number of methoxy groups -OCH3 is 1. The maximum atomic E-state index is 14.5. The summed E-state index contributed by atoms with van der Waals surface area (Å²) in [6.45, 7) is 2.01. The second-order valence-electron chi connectivity index (χ2n) is 6.33. The average Bonchev–Trinajstić information content (AvgIpc) is 2.63. The predicted molar refractivity (Wildman–Crippen MR) is 93.3 cm³/mol. The minimum atomic E-state index is -0.808. The van der Waals surface area contributed by atoms with Crippen molar-refractivity contribution < 1.29 is 17.9 Å². The molecule has 0 spiro atoms. The van der Waals surface area contributed by atoms with E-state index in [2.05, 4.69) is 0 Å². The minimum absolute atomic E-state index is 0.202. The van der Waals surface area contributed by atoms with Crippen LogP contribution >= 0.6 is 0 Å². The van der Waals surface area contributed by atoms with E-state index in [0.29, 0.717) is 36.0 Å². The highest BCUT2D eigenvalue weighted by Gasteiger charge is 2.22. The van der Waals surface area contributed by atoms with Gasteiger partial charge in [-0.15, -0.1) is 0 Å². The fourth-order valence-corrected chi connectivity index (χ4v) is 3.29. The van der Waals surface area contributed by atoms with Crippen LogP contribution in [0.4, 0.5) is 13.2 Å². The van der Waals surface area contributed by atoms with Gasteiger partial charge in [0.1, 0.15) is 0 Å². The highest BCUT2D eigenvalue weighted by molar-refractivity contribution is 5.71. The van der Waals surface area contributed by atoms with E-state index in [1.165, 1.54) is 7.11 Å². The van der Waals surface area contributed by atoms with Gasteiger partial charge in [-0.1, -0.05) is 37.6 Å². The maximum Gasteiger partial charge on any atom is 0.168 e. The smallest absolute Gasteiger partial charge is 0.168 e. The molecule has 2 aromatic rings. The van der Waals surface area contributed by atoms with Crippen LogP contribution in [-0.4, -0.2) is 7.11 Å². The quantitative estimate of drug-likeness (QED) is 0.681. The van der Waals surface area contributed by atoms with Crippen molar-refractivity contribution in [1.82, 2.24) is 0 Å². The van der Waals surface area contributed by atoms with Gasteiger partial charge in [0.15, 0.2) is 23.2 Å². The SMILES string of the molecule is CCCCc1ccc(C2=CCc3c(ccc(OC)c3F)C2)c(F)c1F. The molecular formula is C21H21F3O. The number of fused-ring (bicyclic) bond motifs is 1. The molecule has 1 nitrogen and oxygen atoms in total. The molecule has 0 saturated carbocycles. The normalized spacial score (nSPS) is 13.4. The third kappa shape index (κ3) is 3.30. The Bertz CT molecular complexity index is 824. The van der Waals surface area contributed by atoms with E-state index in [9.17, 15) is 13.2 Å². The summed E-state index contributed by atoms with van der Waals surface area (Å²) in [5.74, 6) is -1.75. The molecule has 2 aromatic carbocycles. The van der Waals surface area contributed by atoms with Crippen molar-refractivity contribution >= 4 is 5.57 Å². The molecule has 1 aliphatic carbocycles. The predicted octanol–water partition coefficient (Wildman–Crippen LogP) is 5.64. The van der Waals surface area contributed by atoms with E-state index < -0.39 is 11.6 Å². The van der Waals surface area contributed by atoms with E-state index >= 15 is 0 Å². The van der Waals surface area contributed by atoms with Crippen LogP contribution in [0.5, 0.6) is 5.75 Å². The Morgan fingerprint density at radius 1 is 1.00 bits per heavy atom. The topological polar surface area (TPSA) is 9.23 Å². The molecule has 0 aliphatic heterocycles. The summed E-state index contributed by atoms with van der Waals surface area (Å²) >= 11 is 0. The number of rotatable bonds is 5. The number of aryl methyl sites for hydroxylation is 1. The number of allylic oxidation sites excluding steroid dienone is 2. The molecule has 0 radical (unpaired) electrons. The third-order valence-corrected chi connectivity index (χ3v) is 4.77. The fraction of sp³-hybridized carbons (Fsp3) is 0.333. The second kappa shape index (κ2) is 7.34. The van der Waals surface area contributed by atoms with Crippen LogP contribution in [0.15, 0.2) is 30.3 Å². The molecule has 0 saturated heterocycles. The number of ether oxygens (including phenoxy) is 1. The first-order valence-electron chi connectivity index (χ1n) is 8.57.